The second-order valence-electron chi connectivity index (χ2n) is 9.18. The van der Waals surface area contributed by atoms with Crippen LogP contribution in [0.25, 0.3) is 28.2 Å². The molecule has 0 bridgehead atoms. The molecular formula is C27H27BN2O2. The highest BCUT2D eigenvalue weighted by Crippen LogP contribution is 2.39. The minimum Gasteiger partial charge on any atom is -0.399 e. The number of rotatable bonds is 4. The first-order valence-corrected chi connectivity index (χ1v) is 11.0. The van der Waals surface area contributed by atoms with Gasteiger partial charge in [-0.25, -0.2) is 4.68 Å². The maximum Gasteiger partial charge on any atom is 0.499 e. The Morgan fingerprint density at radius 1 is 0.656 bits per heavy atom. The van der Waals surface area contributed by atoms with Crippen LogP contribution in [0.2, 0.25) is 0 Å². The maximum atomic E-state index is 6.55. The van der Waals surface area contributed by atoms with Crippen LogP contribution in [0.5, 0.6) is 0 Å². The van der Waals surface area contributed by atoms with Gasteiger partial charge in [-0.1, -0.05) is 78.9 Å². The molecule has 1 aliphatic rings. The van der Waals surface area contributed by atoms with E-state index in [1.54, 1.807) is 0 Å². The van der Waals surface area contributed by atoms with E-state index >= 15 is 0 Å². The standard InChI is InChI=1S/C27H27BN2O2/c1-26(2)27(3,4)32-28(31-26)23-24(20-14-8-5-9-15-20)29-30(22-18-12-7-13-19-22)25(23)21-16-10-6-11-17-21/h5-19H,1-4H3. The van der Waals surface area contributed by atoms with Crippen LogP contribution in [0.1, 0.15) is 27.7 Å². The first kappa shape index (κ1) is 20.7. The minimum absolute atomic E-state index is 0.450. The number of nitrogens with zero attached hydrogens (tertiary/aromatic N) is 2. The first-order valence-electron chi connectivity index (χ1n) is 11.0. The molecule has 5 rings (SSSR count). The van der Waals surface area contributed by atoms with Crippen LogP contribution in [0.3, 0.4) is 0 Å². The molecule has 1 fully saturated rings. The van der Waals surface area contributed by atoms with Crippen LogP contribution < -0.4 is 5.46 Å². The van der Waals surface area contributed by atoms with Gasteiger partial charge in [-0.2, -0.15) is 5.10 Å². The van der Waals surface area contributed by atoms with Crippen LogP contribution in [0, 0.1) is 0 Å². The van der Waals surface area contributed by atoms with Crippen LogP contribution in [-0.2, 0) is 9.31 Å². The molecule has 1 saturated heterocycles. The van der Waals surface area contributed by atoms with Crippen molar-refractivity contribution in [2.24, 2.45) is 0 Å². The molecule has 0 unspecified atom stereocenters. The topological polar surface area (TPSA) is 36.3 Å². The van der Waals surface area contributed by atoms with Crippen molar-refractivity contribution in [2.75, 3.05) is 0 Å². The maximum absolute atomic E-state index is 6.55. The van der Waals surface area contributed by atoms with Crippen molar-refractivity contribution in [3.05, 3.63) is 91.0 Å². The summed E-state index contributed by atoms with van der Waals surface area (Å²) in [4.78, 5) is 0. The van der Waals surface area contributed by atoms with E-state index in [2.05, 4.69) is 64.1 Å². The molecule has 0 spiro atoms. The van der Waals surface area contributed by atoms with Gasteiger partial charge in [0.25, 0.3) is 0 Å². The molecule has 0 amide bonds. The largest absolute Gasteiger partial charge is 0.499 e. The number of benzene rings is 3. The minimum atomic E-state index is -0.539. The molecule has 0 atom stereocenters. The van der Waals surface area contributed by atoms with Gasteiger partial charge >= 0.3 is 7.12 Å². The molecule has 4 aromatic rings. The van der Waals surface area contributed by atoms with Crippen LogP contribution in [-0.4, -0.2) is 28.1 Å². The second-order valence-corrected chi connectivity index (χ2v) is 9.18. The highest BCUT2D eigenvalue weighted by molar-refractivity contribution is 6.65. The van der Waals surface area contributed by atoms with Crippen molar-refractivity contribution in [1.82, 2.24) is 9.78 Å². The monoisotopic (exact) mass is 422 g/mol. The van der Waals surface area contributed by atoms with E-state index in [-0.39, 0.29) is 0 Å². The summed E-state index contributed by atoms with van der Waals surface area (Å²) in [7, 11) is -0.539. The summed E-state index contributed by atoms with van der Waals surface area (Å²) >= 11 is 0. The quantitative estimate of drug-likeness (QED) is 0.407. The third kappa shape index (κ3) is 3.48. The Balaban J connectivity index is 1.81. The summed E-state index contributed by atoms with van der Waals surface area (Å²) in [5.41, 5.74) is 4.99. The van der Waals surface area contributed by atoms with Gasteiger partial charge < -0.3 is 9.31 Å². The summed E-state index contributed by atoms with van der Waals surface area (Å²) in [6.45, 7) is 8.33. The van der Waals surface area contributed by atoms with Gasteiger partial charge in [0.15, 0.2) is 0 Å². The third-order valence-corrected chi connectivity index (χ3v) is 6.51. The predicted molar refractivity (Wildman–Crippen MR) is 130 cm³/mol. The summed E-state index contributed by atoms with van der Waals surface area (Å²) in [5, 5.41) is 5.12. The van der Waals surface area contributed by atoms with Gasteiger partial charge in [0.1, 0.15) is 0 Å². The molecule has 1 aliphatic heterocycles. The SMILES string of the molecule is CC1(C)OB(c2c(-c3ccccc3)nn(-c3ccccc3)c2-c2ccccc2)OC1(C)C. The fraction of sp³-hybridized carbons (Fsp3) is 0.222. The average Bonchev–Trinajstić information content (AvgIpc) is 3.30. The van der Waals surface area contributed by atoms with E-state index in [1.165, 1.54) is 0 Å². The molecule has 0 saturated carbocycles. The van der Waals surface area contributed by atoms with E-state index < -0.39 is 18.3 Å². The normalized spacial score (nSPS) is 16.9. The predicted octanol–water partition coefficient (Wildman–Crippen LogP) is 5.51. The molecule has 160 valence electrons. The van der Waals surface area contributed by atoms with E-state index in [4.69, 9.17) is 14.4 Å². The van der Waals surface area contributed by atoms with Crippen LogP contribution in [0.4, 0.5) is 0 Å². The Kier molecular flexibility index (Phi) is 5.03. The van der Waals surface area contributed by atoms with E-state index in [0.717, 1.165) is 33.7 Å². The Morgan fingerprint density at radius 3 is 1.66 bits per heavy atom. The Labute approximate surface area is 190 Å². The number of para-hydroxylation sites is 1. The van der Waals surface area contributed by atoms with Crippen molar-refractivity contribution in [2.45, 2.75) is 38.9 Å². The van der Waals surface area contributed by atoms with Crippen molar-refractivity contribution >= 4 is 12.6 Å². The lowest BCUT2D eigenvalue weighted by Crippen LogP contribution is -2.41. The fourth-order valence-corrected chi connectivity index (χ4v) is 4.05. The van der Waals surface area contributed by atoms with Gasteiger partial charge in [-0.3, -0.25) is 0 Å². The summed E-state index contributed by atoms with van der Waals surface area (Å²) in [6, 6.07) is 30.8. The Bertz CT molecular complexity index is 1200. The molecule has 32 heavy (non-hydrogen) atoms. The molecule has 3 aromatic carbocycles. The lowest BCUT2D eigenvalue weighted by Gasteiger charge is -2.32. The van der Waals surface area contributed by atoms with Crippen molar-refractivity contribution < 1.29 is 9.31 Å². The molecule has 1 aromatic heterocycles. The smallest absolute Gasteiger partial charge is 0.399 e. The Morgan fingerprint density at radius 2 is 1.12 bits per heavy atom. The van der Waals surface area contributed by atoms with Gasteiger partial charge in [0, 0.05) is 11.0 Å². The molecule has 0 aliphatic carbocycles. The molecular weight excluding hydrogens is 395 g/mol. The summed E-state index contributed by atoms with van der Waals surface area (Å²) in [6.07, 6.45) is 0. The number of hydrogen-bond donors (Lipinski definition) is 0. The zero-order valence-electron chi connectivity index (χ0n) is 18.9. The average molecular weight is 422 g/mol. The van der Waals surface area contributed by atoms with E-state index in [1.807, 2.05) is 59.3 Å². The summed E-state index contributed by atoms with van der Waals surface area (Å²) in [5.74, 6) is 0. The lowest BCUT2D eigenvalue weighted by molar-refractivity contribution is 0.00578. The molecule has 2 heterocycles. The highest BCUT2D eigenvalue weighted by atomic mass is 16.7. The second kappa shape index (κ2) is 7.77. The number of aromatic nitrogens is 2. The number of hydrogen-bond acceptors (Lipinski definition) is 3. The molecule has 4 nitrogen and oxygen atoms in total. The van der Waals surface area contributed by atoms with E-state index in [9.17, 15) is 0 Å². The van der Waals surface area contributed by atoms with Gasteiger partial charge in [-0.05, 0) is 45.4 Å². The zero-order chi connectivity index (χ0) is 22.3. The van der Waals surface area contributed by atoms with Crippen molar-refractivity contribution in [3.8, 4) is 28.2 Å². The van der Waals surface area contributed by atoms with Crippen molar-refractivity contribution in [1.29, 1.82) is 0 Å². The first-order chi connectivity index (χ1) is 15.4. The lowest BCUT2D eigenvalue weighted by atomic mass is 9.74. The Hall–Kier alpha value is -3.15. The summed E-state index contributed by atoms with van der Waals surface area (Å²) < 4.78 is 15.1. The van der Waals surface area contributed by atoms with Crippen molar-refractivity contribution in [3.63, 3.8) is 0 Å². The van der Waals surface area contributed by atoms with Gasteiger partial charge in [0.2, 0.25) is 0 Å². The highest BCUT2D eigenvalue weighted by Gasteiger charge is 2.53. The molecule has 0 N–H and O–H groups in total. The van der Waals surface area contributed by atoms with Gasteiger partial charge in [-0.15, -0.1) is 0 Å². The van der Waals surface area contributed by atoms with Crippen LogP contribution >= 0.6 is 0 Å². The van der Waals surface area contributed by atoms with Crippen LogP contribution in [0.15, 0.2) is 91.0 Å². The zero-order valence-corrected chi connectivity index (χ0v) is 18.9. The van der Waals surface area contributed by atoms with Gasteiger partial charge in [0.05, 0.1) is 28.3 Å². The molecule has 5 heteroatoms. The fourth-order valence-electron chi connectivity index (χ4n) is 4.05. The third-order valence-electron chi connectivity index (χ3n) is 6.51. The molecule has 0 radical (unpaired) electrons. The van der Waals surface area contributed by atoms with E-state index in [0.29, 0.717) is 0 Å².